The Bertz CT molecular complexity index is 324. The Kier molecular flexibility index (Phi) is 2.87. The third-order valence-corrected chi connectivity index (χ3v) is 2.89. The van der Waals surface area contributed by atoms with Crippen molar-refractivity contribution in [2.75, 3.05) is 7.05 Å². The summed E-state index contributed by atoms with van der Waals surface area (Å²) in [5, 5.41) is 3.33. The fourth-order valence-electron chi connectivity index (χ4n) is 2.14. The van der Waals surface area contributed by atoms with Gasteiger partial charge in [-0.25, -0.2) is 0 Å². The topological polar surface area (TPSA) is 12.0 Å². The normalized spacial score (nSPS) is 16.9. The summed E-state index contributed by atoms with van der Waals surface area (Å²) in [6.07, 6.45) is 5.09. The monoisotopic (exact) mass is 187 g/mol. The highest BCUT2D eigenvalue weighted by Crippen LogP contribution is 2.30. The van der Waals surface area contributed by atoms with Crippen LogP contribution in [0.3, 0.4) is 0 Å². The van der Waals surface area contributed by atoms with Gasteiger partial charge >= 0.3 is 0 Å². The van der Waals surface area contributed by atoms with Gasteiger partial charge < -0.3 is 5.32 Å². The highest BCUT2D eigenvalue weighted by atomic mass is 14.8. The summed E-state index contributed by atoms with van der Waals surface area (Å²) in [4.78, 5) is 0. The Morgan fingerprint density at radius 1 is 1.00 bits per heavy atom. The van der Waals surface area contributed by atoms with Crippen molar-refractivity contribution in [2.24, 2.45) is 0 Å². The van der Waals surface area contributed by atoms with Gasteiger partial charge in [-0.05, 0) is 36.8 Å². The molecule has 1 aliphatic carbocycles. The van der Waals surface area contributed by atoms with Crippen LogP contribution in [-0.4, -0.2) is 7.05 Å². The molecule has 0 aliphatic heterocycles. The van der Waals surface area contributed by atoms with Crippen LogP contribution >= 0.6 is 0 Å². The van der Waals surface area contributed by atoms with Gasteiger partial charge in [0.2, 0.25) is 0 Å². The molecular formula is C13H17N. The van der Waals surface area contributed by atoms with Gasteiger partial charge in [-0.3, -0.25) is 0 Å². The molecule has 0 fully saturated rings. The number of allylic oxidation sites excluding steroid dienone is 2. The molecule has 0 saturated carbocycles. The molecule has 1 aliphatic rings. The van der Waals surface area contributed by atoms with E-state index in [1.54, 1.807) is 0 Å². The Morgan fingerprint density at radius 2 is 1.71 bits per heavy atom. The molecule has 0 radical (unpaired) electrons. The summed E-state index contributed by atoms with van der Waals surface area (Å²) in [6, 6.07) is 10.7. The molecule has 2 rings (SSSR count). The van der Waals surface area contributed by atoms with Crippen LogP contribution in [0.5, 0.6) is 0 Å². The maximum Gasteiger partial charge on any atom is 0.0143 e. The lowest BCUT2D eigenvalue weighted by Gasteiger charge is -2.20. The molecule has 14 heavy (non-hydrogen) atoms. The second-order valence-electron chi connectivity index (χ2n) is 3.78. The van der Waals surface area contributed by atoms with Gasteiger partial charge in [0.1, 0.15) is 0 Å². The zero-order valence-corrected chi connectivity index (χ0v) is 8.72. The molecule has 0 unspecified atom stereocenters. The SMILES string of the molecule is CNC1=C(c2ccccc2)CCCC1. The molecule has 0 saturated heterocycles. The smallest absolute Gasteiger partial charge is 0.0143 e. The Balaban J connectivity index is 2.35. The van der Waals surface area contributed by atoms with E-state index in [9.17, 15) is 0 Å². The first-order valence-corrected chi connectivity index (χ1v) is 5.37. The minimum Gasteiger partial charge on any atom is -0.391 e. The van der Waals surface area contributed by atoms with Crippen LogP contribution in [0.15, 0.2) is 36.0 Å². The van der Waals surface area contributed by atoms with E-state index in [4.69, 9.17) is 0 Å². The first-order chi connectivity index (χ1) is 6.92. The van der Waals surface area contributed by atoms with E-state index < -0.39 is 0 Å². The van der Waals surface area contributed by atoms with Gasteiger partial charge in [0.05, 0.1) is 0 Å². The van der Waals surface area contributed by atoms with Crippen LogP contribution in [0.4, 0.5) is 0 Å². The molecule has 74 valence electrons. The first-order valence-electron chi connectivity index (χ1n) is 5.37. The van der Waals surface area contributed by atoms with Crippen molar-refractivity contribution in [3.63, 3.8) is 0 Å². The molecule has 1 heteroatoms. The van der Waals surface area contributed by atoms with E-state index in [0.29, 0.717) is 0 Å². The zero-order valence-electron chi connectivity index (χ0n) is 8.72. The van der Waals surface area contributed by atoms with Crippen molar-refractivity contribution >= 4 is 5.57 Å². The molecular weight excluding hydrogens is 170 g/mol. The number of hydrogen-bond acceptors (Lipinski definition) is 1. The first kappa shape index (κ1) is 9.32. The molecule has 1 nitrogen and oxygen atoms in total. The van der Waals surface area contributed by atoms with Gasteiger partial charge in [0.15, 0.2) is 0 Å². The maximum absolute atomic E-state index is 3.33. The molecule has 1 N–H and O–H groups in total. The Hall–Kier alpha value is -1.24. The summed E-state index contributed by atoms with van der Waals surface area (Å²) < 4.78 is 0. The Morgan fingerprint density at radius 3 is 2.43 bits per heavy atom. The van der Waals surface area contributed by atoms with Crippen molar-refractivity contribution in [2.45, 2.75) is 25.7 Å². The van der Waals surface area contributed by atoms with Gasteiger partial charge in [0.25, 0.3) is 0 Å². The highest BCUT2D eigenvalue weighted by Gasteiger charge is 2.12. The van der Waals surface area contributed by atoms with Crippen LogP contribution in [0.2, 0.25) is 0 Å². The van der Waals surface area contributed by atoms with E-state index in [1.165, 1.54) is 42.5 Å². The van der Waals surface area contributed by atoms with Crippen molar-refractivity contribution in [1.82, 2.24) is 5.32 Å². The largest absolute Gasteiger partial charge is 0.391 e. The lowest BCUT2D eigenvalue weighted by molar-refractivity contribution is 0.679. The van der Waals surface area contributed by atoms with Gasteiger partial charge in [-0.2, -0.15) is 0 Å². The van der Waals surface area contributed by atoms with E-state index in [0.717, 1.165) is 0 Å². The average Bonchev–Trinajstić information content (AvgIpc) is 2.30. The van der Waals surface area contributed by atoms with E-state index in [2.05, 4.69) is 35.6 Å². The predicted molar refractivity (Wildman–Crippen MR) is 60.9 cm³/mol. The van der Waals surface area contributed by atoms with Crippen molar-refractivity contribution in [3.8, 4) is 0 Å². The third-order valence-electron chi connectivity index (χ3n) is 2.89. The molecule has 0 bridgehead atoms. The molecule has 1 aromatic carbocycles. The molecule has 1 aromatic rings. The molecule has 0 atom stereocenters. The quantitative estimate of drug-likeness (QED) is 0.749. The Labute approximate surface area is 85.8 Å². The van der Waals surface area contributed by atoms with Crippen molar-refractivity contribution in [1.29, 1.82) is 0 Å². The average molecular weight is 187 g/mol. The van der Waals surface area contributed by atoms with Gasteiger partial charge in [0, 0.05) is 12.7 Å². The third kappa shape index (κ3) is 1.82. The minimum absolute atomic E-state index is 1.21. The second-order valence-corrected chi connectivity index (χ2v) is 3.78. The van der Waals surface area contributed by atoms with Crippen molar-refractivity contribution < 1.29 is 0 Å². The maximum atomic E-state index is 3.33. The molecule has 0 aromatic heterocycles. The van der Waals surface area contributed by atoms with Crippen molar-refractivity contribution in [3.05, 3.63) is 41.6 Å². The van der Waals surface area contributed by atoms with E-state index in [1.807, 2.05) is 7.05 Å². The second kappa shape index (κ2) is 4.32. The summed E-state index contributed by atoms with van der Waals surface area (Å²) in [5.41, 5.74) is 4.33. The number of hydrogen-bond donors (Lipinski definition) is 1. The van der Waals surface area contributed by atoms with Crippen LogP contribution in [0, 0.1) is 0 Å². The van der Waals surface area contributed by atoms with Gasteiger partial charge in [-0.1, -0.05) is 30.3 Å². The van der Waals surface area contributed by atoms with Crippen LogP contribution in [0.1, 0.15) is 31.2 Å². The van der Waals surface area contributed by atoms with Crippen LogP contribution < -0.4 is 5.32 Å². The summed E-state index contributed by atoms with van der Waals surface area (Å²) >= 11 is 0. The number of nitrogens with one attached hydrogen (secondary N) is 1. The molecule has 0 amide bonds. The predicted octanol–water partition coefficient (Wildman–Crippen LogP) is 3.19. The summed E-state index contributed by atoms with van der Waals surface area (Å²) in [5.74, 6) is 0. The lowest BCUT2D eigenvalue weighted by Crippen LogP contribution is -2.12. The van der Waals surface area contributed by atoms with Gasteiger partial charge in [-0.15, -0.1) is 0 Å². The van der Waals surface area contributed by atoms with E-state index >= 15 is 0 Å². The lowest BCUT2D eigenvalue weighted by atomic mass is 9.91. The number of benzene rings is 1. The fourth-order valence-corrected chi connectivity index (χ4v) is 2.14. The minimum atomic E-state index is 1.21. The molecule has 0 heterocycles. The highest BCUT2D eigenvalue weighted by molar-refractivity contribution is 5.68. The summed E-state index contributed by atoms with van der Waals surface area (Å²) in [7, 11) is 2.03. The van der Waals surface area contributed by atoms with E-state index in [-0.39, 0.29) is 0 Å². The zero-order chi connectivity index (χ0) is 9.80. The van der Waals surface area contributed by atoms with Crippen LogP contribution in [0.25, 0.3) is 5.57 Å². The number of rotatable bonds is 2. The standard InChI is InChI=1S/C13H17N/c1-14-13-10-6-5-9-12(13)11-7-3-2-4-8-11/h2-4,7-8,14H,5-6,9-10H2,1H3. The summed E-state index contributed by atoms with van der Waals surface area (Å²) in [6.45, 7) is 0. The fraction of sp³-hybridized carbons (Fsp3) is 0.385. The van der Waals surface area contributed by atoms with Crippen LogP contribution in [-0.2, 0) is 0 Å². The molecule has 0 spiro atoms.